The number of hydrogen-bond donors (Lipinski definition) is 2. The molecule has 2 atom stereocenters. The number of ether oxygens (including phenoxy) is 1. The second-order valence-electron chi connectivity index (χ2n) is 12.7. The molecule has 2 aromatic carbocycles. The summed E-state index contributed by atoms with van der Waals surface area (Å²) >= 11 is 7.73. The number of carbonyl (C=O) groups is 1. The van der Waals surface area contributed by atoms with Crippen LogP contribution in [0.1, 0.15) is 69.8 Å². The molecule has 2 N–H and O–H groups in total. The molecular weight excluding hydrogens is 660 g/mol. The van der Waals surface area contributed by atoms with Gasteiger partial charge in [0.2, 0.25) is 0 Å². The number of aromatic nitrogens is 4. The van der Waals surface area contributed by atoms with Crippen LogP contribution in [0.4, 0.5) is 5.82 Å². The van der Waals surface area contributed by atoms with Gasteiger partial charge in [-0.1, -0.05) is 35.9 Å². The van der Waals surface area contributed by atoms with Crippen LogP contribution in [-0.4, -0.2) is 44.6 Å². The lowest BCUT2D eigenvalue weighted by Crippen LogP contribution is -2.22. The average molecular weight is 691 g/mol. The summed E-state index contributed by atoms with van der Waals surface area (Å²) in [5, 5.41) is 12.1. The summed E-state index contributed by atoms with van der Waals surface area (Å²) in [7, 11) is 1.71. The molecule has 9 rings (SSSR count). The molecular formula is C37H31ClN6O4S. The number of nitrogens with zero attached hydrogens (tertiary/aromatic N) is 4. The number of nitrogens with one attached hydrogen (secondary N) is 2. The summed E-state index contributed by atoms with van der Waals surface area (Å²) in [5.41, 5.74) is 6.88. The molecule has 0 radical (unpaired) electrons. The molecule has 6 heterocycles. The number of aromatic amines is 1. The van der Waals surface area contributed by atoms with E-state index in [2.05, 4.69) is 27.6 Å². The van der Waals surface area contributed by atoms with Crippen molar-refractivity contribution in [1.82, 2.24) is 25.1 Å². The molecule has 10 nitrogen and oxygen atoms in total. The van der Waals surface area contributed by atoms with Crippen molar-refractivity contribution in [3.05, 3.63) is 110 Å². The van der Waals surface area contributed by atoms with E-state index in [0.29, 0.717) is 41.1 Å². The molecule has 1 saturated heterocycles. The number of hydrogen-bond acceptors (Lipinski definition) is 9. The number of fused-ring (bicyclic) bond motifs is 5. The summed E-state index contributed by atoms with van der Waals surface area (Å²) < 4.78 is 12.2. The van der Waals surface area contributed by atoms with Gasteiger partial charge >= 0.3 is 5.76 Å². The SMILES string of the molecule is COc1cccc2c1CC[C@H]2Nc1nccc2cc(-c3c4c(nc(CCc5ccc(Cl)cc5)c3-c3n[nH]c(=O)o3)[C@@H]3CCCN3C4=O)sc12. The fourth-order valence-electron chi connectivity index (χ4n) is 7.78. The number of H-pyrrole nitrogens is 1. The fourth-order valence-corrected chi connectivity index (χ4v) is 9.07. The standard InChI is InChI=1S/C37H31ClN6O4S/c1-47-27-6-2-4-22-23(27)12-14-24(22)41-34-33-20(15-16-39-34)18-28(49-33)30-29(35-42-43-37(46)48-35)25(13-9-19-7-10-21(38)11-8-19)40-32-26-5-3-17-44(26)36(45)31(30)32/h2,4,6-8,10-11,15-16,18,24,26H,3,5,9,12-14,17H2,1H3,(H,39,41)(H,43,46)/t24-,26+/m1/s1. The van der Waals surface area contributed by atoms with Gasteiger partial charge in [-0.3, -0.25) is 9.78 Å². The number of carbonyl (C=O) groups excluding carboxylic acids is 1. The Balaban J connectivity index is 1.20. The molecule has 2 aliphatic heterocycles. The maximum absolute atomic E-state index is 14.2. The number of thiophene rings is 1. The minimum Gasteiger partial charge on any atom is -0.496 e. The van der Waals surface area contributed by atoms with Crippen LogP contribution in [0.25, 0.3) is 32.0 Å². The minimum atomic E-state index is -0.669. The van der Waals surface area contributed by atoms with Gasteiger partial charge in [0.15, 0.2) is 0 Å². The smallest absolute Gasteiger partial charge is 0.434 e. The van der Waals surface area contributed by atoms with Crippen LogP contribution < -0.4 is 15.8 Å². The van der Waals surface area contributed by atoms with E-state index in [1.807, 2.05) is 53.6 Å². The van der Waals surface area contributed by atoms with E-state index in [1.54, 1.807) is 18.4 Å². The predicted molar refractivity (Wildman–Crippen MR) is 189 cm³/mol. The second-order valence-corrected chi connectivity index (χ2v) is 14.2. The van der Waals surface area contributed by atoms with E-state index in [4.69, 9.17) is 30.7 Å². The molecule has 0 unspecified atom stereocenters. The summed E-state index contributed by atoms with van der Waals surface area (Å²) in [5.74, 6) is 1.09. The lowest BCUT2D eigenvalue weighted by molar-refractivity contribution is 0.0776. The number of amides is 1. The van der Waals surface area contributed by atoms with Crippen molar-refractivity contribution in [1.29, 1.82) is 0 Å². The van der Waals surface area contributed by atoms with E-state index >= 15 is 0 Å². The van der Waals surface area contributed by atoms with E-state index in [-0.39, 0.29) is 23.9 Å². The fraction of sp³-hybridized carbons (Fsp3) is 0.270. The third-order valence-corrected chi connectivity index (χ3v) is 11.4. The van der Waals surface area contributed by atoms with Crippen molar-refractivity contribution in [2.45, 2.75) is 50.6 Å². The Labute approximate surface area is 290 Å². The zero-order valence-corrected chi connectivity index (χ0v) is 28.2. The third kappa shape index (κ3) is 5.02. The first-order valence-corrected chi connectivity index (χ1v) is 17.7. The minimum absolute atomic E-state index is 0.0474. The lowest BCUT2D eigenvalue weighted by Gasteiger charge is -2.16. The molecule has 1 amide bonds. The van der Waals surface area contributed by atoms with Gasteiger partial charge in [-0.05, 0) is 90.9 Å². The van der Waals surface area contributed by atoms with Crippen molar-refractivity contribution >= 4 is 44.7 Å². The molecule has 12 heteroatoms. The van der Waals surface area contributed by atoms with Crippen molar-refractivity contribution in [2.75, 3.05) is 19.0 Å². The average Bonchev–Trinajstić information content (AvgIpc) is 3.95. The number of methoxy groups -OCH3 is 1. The highest BCUT2D eigenvalue weighted by Gasteiger charge is 2.45. The van der Waals surface area contributed by atoms with Gasteiger partial charge in [0.05, 0.1) is 46.4 Å². The molecule has 246 valence electrons. The van der Waals surface area contributed by atoms with Gasteiger partial charge in [0.25, 0.3) is 11.8 Å². The Morgan fingerprint density at radius 1 is 1.08 bits per heavy atom. The molecule has 6 aromatic rings. The highest BCUT2D eigenvalue weighted by molar-refractivity contribution is 7.23. The summed E-state index contributed by atoms with van der Waals surface area (Å²) in [4.78, 5) is 39.3. The number of halogens is 1. The van der Waals surface area contributed by atoms with E-state index in [1.165, 1.54) is 11.1 Å². The van der Waals surface area contributed by atoms with E-state index in [9.17, 15) is 9.59 Å². The van der Waals surface area contributed by atoms with Crippen molar-refractivity contribution in [2.24, 2.45) is 0 Å². The largest absolute Gasteiger partial charge is 0.496 e. The number of rotatable bonds is 8. The maximum atomic E-state index is 14.2. The van der Waals surface area contributed by atoms with Gasteiger partial charge in [-0.15, -0.1) is 16.4 Å². The quantitative estimate of drug-likeness (QED) is 0.168. The Morgan fingerprint density at radius 2 is 1.96 bits per heavy atom. The highest BCUT2D eigenvalue weighted by Crippen LogP contribution is 2.50. The number of aryl methyl sites for hydroxylation is 2. The van der Waals surface area contributed by atoms with Gasteiger partial charge in [-0.25, -0.2) is 14.9 Å². The Bertz CT molecular complexity index is 2330. The van der Waals surface area contributed by atoms with Crippen molar-refractivity contribution < 1.29 is 13.9 Å². The van der Waals surface area contributed by atoms with Gasteiger partial charge in [0.1, 0.15) is 11.6 Å². The molecule has 1 aliphatic carbocycles. The molecule has 1 fully saturated rings. The summed E-state index contributed by atoms with van der Waals surface area (Å²) in [6, 6.07) is 18.0. The summed E-state index contributed by atoms with van der Waals surface area (Å²) in [6.45, 7) is 0.685. The third-order valence-electron chi connectivity index (χ3n) is 10.00. The van der Waals surface area contributed by atoms with E-state index in [0.717, 1.165) is 69.2 Å². The lowest BCUT2D eigenvalue weighted by atomic mass is 9.93. The Hall–Kier alpha value is -5.00. The number of pyridine rings is 2. The van der Waals surface area contributed by atoms with Crippen LogP contribution in [0.3, 0.4) is 0 Å². The number of anilines is 1. The van der Waals surface area contributed by atoms with Crippen molar-refractivity contribution in [3.8, 4) is 27.6 Å². The van der Waals surface area contributed by atoms with Gasteiger partial charge < -0.3 is 19.4 Å². The molecule has 0 spiro atoms. The predicted octanol–water partition coefficient (Wildman–Crippen LogP) is 7.54. The van der Waals surface area contributed by atoms with Gasteiger partial charge in [-0.2, -0.15) is 0 Å². The maximum Gasteiger partial charge on any atom is 0.434 e. The Morgan fingerprint density at radius 3 is 2.78 bits per heavy atom. The van der Waals surface area contributed by atoms with Crippen LogP contribution >= 0.6 is 22.9 Å². The van der Waals surface area contributed by atoms with Crippen LogP contribution in [0, 0.1) is 0 Å². The van der Waals surface area contributed by atoms with Gasteiger partial charge in [0, 0.05) is 28.2 Å². The van der Waals surface area contributed by atoms with E-state index < -0.39 is 5.76 Å². The Kier molecular flexibility index (Phi) is 7.28. The van der Waals surface area contributed by atoms with Crippen LogP contribution in [0.5, 0.6) is 5.75 Å². The second kappa shape index (κ2) is 11.9. The molecule has 0 saturated carbocycles. The van der Waals surface area contributed by atoms with Crippen molar-refractivity contribution in [3.63, 3.8) is 0 Å². The summed E-state index contributed by atoms with van der Waals surface area (Å²) in [6.07, 6.45) is 6.66. The molecule has 49 heavy (non-hydrogen) atoms. The molecule has 0 bridgehead atoms. The first-order chi connectivity index (χ1) is 24.0. The molecule has 4 aromatic heterocycles. The zero-order chi connectivity index (χ0) is 33.2. The molecule has 3 aliphatic rings. The van der Waals surface area contributed by atoms with Crippen LogP contribution in [-0.2, 0) is 19.3 Å². The number of benzene rings is 2. The van der Waals surface area contributed by atoms with Crippen LogP contribution in [0.2, 0.25) is 5.02 Å². The zero-order valence-electron chi connectivity index (χ0n) is 26.6. The highest BCUT2D eigenvalue weighted by atomic mass is 35.5. The first-order valence-electron chi connectivity index (χ1n) is 16.5. The topological polar surface area (TPSA) is 126 Å². The first kappa shape index (κ1) is 30.1. The van der Waals surface area contributed by atoms with Crippen LogP contribution in [0.15, 0.2) is 70.0 Å². The monoisotopic (exact) mass is 690 g/mol. The normalized spacial score (nSPS) is 17.8.